The summed E-state index contributed by atoms with van der Waals surface area (Å²) in [5, 5.41) is 13.0. The van der Waals surface area contributed by atoms with Crippen LogP contribution in [0.25, 0.3) is 0 Å². The molecule has 1 unspecified atom stereocenters. The molecule has 2 heterocycles. The molecule has 0 spiro atoms. The molecule has 1 aliphatic rings. The third kappa shape index (κ3) is 2.49. The van der Waals surface area contributed by atoms with Crippen molar-refractivity contribution in [3.05, 3.63) is 12.7 Å². The molecule has 0 radical (unpaired) electrons. The number of amides is 1. The number of rotatable bonds is 4. The van der Waals surface area contributed by atoms with Crippen LogP contribution in [0.2, 0.25) is 0 Å². The summed E-state index contributed by atoms with van der Waals surface area (Å²) in [4.78, 5) is 28.4. The van der Waals surface area contributed by atoms with Crippen molar-refractivity contribution in [2.45, 2.75) is 26.3 Å². The number of aliphatic carboxylic acids is 1. The standard InChI is InChI=1S/C11H16N4O3/c1-11(10(17)18)3-5-14(6-11)9(16)2-4-15-8-12-7-13-15/h7-8H,2-6H2,1H3,(H,17,18). The van der Waals surface area contributed by atoms with Crippen molar-refractivity contribution >= 4 is 11.9 Å². The molecule has 7 heteroatoms. The van der Waals surface area contributed by atoms with E-state index in [1.54, 1.807) is 22.8 Å². The van der Waals surface area contributed by atoms with E-state index in [4.69, 9.17) is 5.11 Å². The van der Waals surface area contributed by atoms with Gasteiger partial charge in [0.2, 0.25) is 5.91 Å². The molecule has 1 amide bonds. The molecule has 1 fully saturated rings. The topological polar surface area (TPSA) is 88.3 Å². The molecule has 0 bridgehead atoms. The largest absolute Gasteiger partial charge is 0.481 e. The average molecular weight is 252 g/mol. The number of carboxylic acids is 1. The maximum atomic E-state index is 11.9. The third-order valence-electron chi connectivity index (χ3n) is 3.36. The number of hydrogen-bond acceptors (Lipinski definition) is 4. The van der Waals surface area contributed by atoms with Crippen LogP contribution in [-0.2, 0) is 16.1 Å². The predicted molar refractivity (Wildman–Crippen MR) is 61.6 cm³/mol. The predicted octanol–water partition coefficient (Wildman–Crippen LogP) is -0.00860. The molecular weight excluding hydrogens is 236 g/mol. The van der Waals surface area contributed by atoms with Crippen LogP contribution in [0.4, 0.5) is 0 Å². The van der Waals surface area contributed by atoms with Crippen LogP contribution in [0.5, 0.6) is 0 Å². The van der Waals surface area contributed by atoms with Crippen LogP contribution in [0.15, 0.2) is 12.7 Å². The van der Waals surface area contributed by atoms with Gasteiger partial charge in [0.15, 0.2) is 0 Å². The SMILES string of the molecule is CC1(C(=O)O)CCN(C(=O)CCn2cncn2)C1. The van der Waals surface area contributed by atoms with Crippen molar-refractivity contribution in [1.29, 1.82) is 0 Å². The molecule has 1 saturated heterocycles. The fraction of sp³-hybridized carbons (Fsp3) is 0.636. The second-order valence-electron chi connectivity index (χ2n) is 4.84. The van der Waals surface area contributed by atoms with E-state index in [1.165, 1.54) is 6.33 Å². The van der Waals surface area contributed by atoms with Gasteiger partial charge >= 0.3 is 5.97 Å². The number of carboxylic acid groups (broad SMARTS) is 1. The summed E-state index contributed by atoms with van der Waals surface area (Å²) in [7, 11) is 0. The molecule has 1 aromatic rings. The first-order valence-electron chi connectivity index (χ1n) is 5.85. The van der Waals surface area contributed by atoms with Crippen molar-refractivity contribution in [2.24, 2.45) is 5.41 Å². The van der Waals surface area contributed by atoms with Crippen molar-refractivity contribution < 1.29 is 14.7 Å². The fourth-order valence-electron chi connectivity index (χ4n) is 2.07. The second kappa shape index (κ2) is 4.75. The van der Waals surface area contributed by atoms with Crippen molar-refractivity contribution in [3.8, 4) is 0 Å². The summed E-state index contributed by atoms with van der Waals surface area (Å²) in [5.41, 5.74) is -0.803. The van der Waals surface area contributed by atoms with Gasteiger partial charge in [-0.2, -0.15) is 5.10 Å². The molecule has 1 atom stereocenters. The molecule has 2 rings (SSSR count). The number of aromatic nitrogens is 3. The highest BCUT2D eigenvalue weighted by molar-refractivity contribution is 5.80. The zero-order valence-electron chi connectivity index (χ0n) is 10.2. The summed E-state index contributed by atoms with van der Waals surface area (Å²) in [5.74, 6) is -0.871. The van der Waals surface area contributed by atoms with E-state index in [0.717, 1.165) is 0 Å². The maximum Gasteiger partial charge on any atom is 0.311 e. The van der Waals surface area contributed by atoms with Crippen LogP contribution >= 0.6 is 0 Å². The highest BCUT2D eigenvalue weighted by Gasteiger charge is 2.41. The zero-order chi connectivity index (χ0) is 13.2. The van der Waals surface area contributed by atoms with Crippen LogP contribution < -0.4 is 0 Å². The first kappa shape index (κ1) is 12.5. The van der Waals surface area contributed by atoms with E-state index in [1.807, 2.05) is 0 Å². The molecule has 1 aromatic heterocycles. The fourth-order valence-corrected chi connectivity index (χ4v) is 2.07. The quantitative estimate of drug-likeness (QED) is 0.814. The van der Waals surface area contributed by atoms with Gasteiger partial charge in [0.25, 0.3) is 0 Å². The summed E-state index contributed by atoms with van der Waals surface area (Å²) in [6, 6.07) is 0. The lowest BCUT2D eigenvalue weighted by molar-refractivity contribution is -0.147. The van der Waals surface area contributed by atoms with Gasteiger partial charge in [0.05, 0.1) is 12.0 Å². The van der Waals surface area contributed by atoms with Gasteiger partial charge in [-0.05, 0) is 13.3 Å². The summed E-state index contributed by atoms with van der Waals surface area (Å²) < 4.78 is 1.59. The van der Waals surface area contributed by atoms with Gasteiger partial charge in [0.1, 0.15) is 12.7 Å². The number of likely N-dealkylation sites (tertiary alicyclic amines) is 1. The van der Waals surface area contributed by atoms with Gasteiger partial charge in [-0.25, -0.2) is 4.98 Å². The molecule has 7 nitrogen and oxygen atoms in total. The van der Waals surface area contributed by atoms with E-state index in [2.05, 4.69) is 10.1 Å². The van der Waals surface area contributed by atoms with Crippen LogP contribution in [0.1, 0.15) is 19.8 Å². The number of nitrogens with zero attached hydrogens (tertiary/aromatic N) is 4. The Morgan fingerprint density at radius 1 is 1.50 bits per heavy atom. The van der Waals surface area contributed by atoms with E-state index in [0.29, 0.717) is 32.5 Å². The minimum Gasteiger partial charge on any atom is -0.481 e. The van der Waals surface area contributed by atoms with E-state index < -0.39 is 11.4 Å². The monoisotopic (exact) mass is 252 g/mol. The number of aryl methyl sites for hydroxylation is 1. The first-order chi connectivity index (χ1) is 8.51. The molecule has 1 aliphatic heterocycles. The Morgan fingerprint density at radius 3 is 2.83 bits per heavy atom. The molecular formula is C11H16N4O3. The Hall–Kier alpha value is -1.92. The Bertz CT molecular complexity index is 445. The highest BCUT2D eigenvalue weighted by Crippen LogP contribution is 2.30. The first-order valence-corrected chi connectivity index (χ1v) is 5.85. The normalized spacial score (nSPS) is 23.3. The van der Waals surface area contributed by atoms with Crippen LogP contribution in [0.3, 0.4) is 0 Å². The number of carbonyl (C=O) groups excluding carboxylic acids is 1. The summed E-state index contributed by atoms with van der Waals surface area (Å²) >= 11 is 0. The summed E-state index contributed by atoms with van der Waals surface area (Å²) in [6.07, 6.45) is 3.80. The minimum atomic E-state index is -0.839. The average Bonchev–Trinajstić information content (AvgIpc) is 2.95. The maximum absolute atomic E-state index is 11.9. The van der Waals surface area contributed by atoms with Crippen molar-refractivity contribution in [1.82, 2.24) is 19.7 Å². The lowest BCUT2D eigenvalue weighted by Crippen LogP contribution is -2.35. The Morgan fingerprint density at radius 2 is 2.28 bits per heavy atom. The lowest BCUT2D eigenvalue weighted by atomic mass is 9.90. The Balaban J connectivity index is 1.86. The van der Waals surface area contributed by atoms with Gasteiger partial charge in [-0.3, -0.25) is 14.3 Å². The molecule has 18 heavy (non-hydrogen) atoms. The Labute approximate surface area is 104 Å². The van der Waals surface area contributed by atoms with Gasteiger partial charge in [-0.15, -0.1) is 0 Å². The second-order valence-corrected chi connectivity index (χ2v) is 4.84. The van der Waals surface area contributed by atoms with E-state index in [9.17, 15) is 9.59 Å². The molecule has 1 N–H and O–H groups in total. The third-order valence-corrected chi connectivity index (χ3v) is 3.36. The van der Waals surface area contributed by atoms with Crippen LogP contribution in [0, 0.1) is 5.41 Å². The van der Waals surface area contributed by atoms with Crippen LogP contribution in [-0.4, -0.2) is 49.7 Å². The van der Waals surface area contributed by atoms with Gasteiger partial charge in [0, 0.05) is 19.5 Å². The van der Waals surface area contributed by atoms with E-state index in [-0.39, 0.29) is 5.91 Å². The number of carbonyl (C=O) groups is 2. The van der Waals surface area contributed by atoms with Gasteiger partial charge < -0.3 is 10.0 Å². The lowest BCUT2D eigenvalue weighted by Gasteiger charge is -2.20. The van der Waals surface area contributed by atoms with E-state index >= 15 is 0 Å². The zero-order valence-corrected chi connectivity index (χ0v) is 10.2. The minimum absolute atomic E-state index is 0.0320. The van der Waals surface area contributed by atoms with Crippen molar-refractivity contribution in [3.63, 3.8) is 0 Å². The van der Waals surface area contributed by atoms with Crippen molar-refractivity contribution in [2.75, 3.05) is 13.1 Å². The highest BCUT2D eigenvalue weighted by atomic mass is 16.4. The molecule has 0 saturated carbocycles. The van der Waals surface area contributed by atoms with Gasteiger partial charge in [-0.1, -0.05) is 0 Å². The molecule has 98 valence electrons. The summed E-state index contributed by atoms with van der Waals surface area (Å²) in [6.45, 7) is 2.96. The smallest absolute Gasteiger partial charge is 0.311 e. The number of hydrogen-bond donors (Lipinski definition) is 1. The molecule has 0 aromatic carbocycles. The molecule has 0 aliphatic carbocycles. The Kier molecular flexibility index (Phi) is 3.31.